The van der Waals surface area contributed by atoms with Crippen LogP contribution >= 0.6 is 0 Å². The number of nitrogens with zero attached hydrogens (tertiary/aromatic N) is 2. The summed E-state index contributed by atoms with van der Waals surface area (Å²) in [5.41, 5.74) is -0.117. The maximum absolute atomic E-state index is 13.7. The van der Waals surface area contributed by atoms with E-state index >= 15 is 0 Å². The van der Waals surface area contributed by atoms with Gasteiger partial charge in [-0.15, -0.1) is 5.10 Å². The molecular formula is C15H18FN3O4S. The first-order valence-corrected chi connectivity index (χ1v) is 9.16. The van der Waals surface area contributed by atoms with E-state index in [2.05, 4.69) is 15.5 Å². The van der Waals surface area contributed by atoms with Crippen LogP contribution in [0.2, 0.25) is 0 Å². The highest BCUT2D eigenvalue weighted by Gasteiger charge is 2.26. The minimum Gasteiger partial charge on any atom is -0.410 e. The van der Waals surface area contributed by atoms with Gasteiger partial charge in [-0.25, -0.2) is 12.8 Å². The van der Waals surface area contributed by atoms with Crippen LogP contribution in [-0.2, 0) is 9.84 Å². The number of carbonyl (C=O) groups is 1. The van der Waals surface area contributed by atoms with E-state index in [0.717, 1.165) is 6.26 Å². The molecule has 0 saturated carbocycles. The van der Waals surface area contributed by atoms with Crippen LogP contribution in [0.25, 0.3) is 0 Å². The van der Waals surface area contributed by atoms with Gasteiger partial charge in [-0.05, 0) is 24.5 Å². The predicted octanol–water partition coefficient (Wildman–Crippen LogP) is 2.13. The molecular weight excluding hydrogens is 337 g/mol. The number of benzene rings is 1. The van der Waals surface area contributed by atoms with Crippen molar-refractivity contribution in [2.75, 3.05) is 6.26 Å². The van der Waals surface area contributed by atoms with Crippen LogP contribution in [-0.4, -0.2) is 30.8 Å². The smallest absolute Gasteiger partial charge is 0.335 e. The summed E-state index contributed by atoms with van der Waals surface area (Å²) in [5.74, 6) is -1.18. The number of sulfone groups is 1. The Kier molecular flexibility index (Phi) is 5.33. The summed E-state index contributed by atoms with van der Waals surface area (Å²) >= 11 is 0. The van der Waals surface area contributed by atoms with E-state index in [1.54, 1.807) is 6.07 Å². The van der Waals surface area contributed by atoms with Gasteiger partial charge in [0.1, 0.15) is 11.9 Å². The highest BCUT2D eigenvalue weighted by Crippen LogP contribution is 2.22. The van der Waals surface area contributed by atoms with Gasteiger partial charge in [0.25, 0.3) is 5.91 Å². The molecule has 130 valence electrons. The Morgan fingerprint density at radius 3 is 2.50 bits per heavy atom. The summed E-state index contributed by atoms with van der Waals surface area (Å²) in [6.07, 6.45) is 1.37. The Balaban J connectivity index is 2.27. The molecule has 0 unspecified atom stereocenters. The van der Waals surface area contributed by atoms with Crippen molar-refractivity contribution in [1.82, 2.24) is 15.5 Å². The molecule has 7 nitrogen and oxygen atoms in total. The molecule has 1 N–H and O–H groups in total. The fourth-order valence-corrected chi connectivity index (χ4v) is 2.51. The zero-order valence-electron chi connectivity index (χ0n) is 13.5. The van der Waals surface area contributed by atoms with Crippen LogP contribution < -0.4 is 5.32 Å². The Bertz CT molecular complexity index is 833. The largest absolute Gasteiger partial charge is 0.410 e. The quantitative estimate of drug-likeness (QED) is 0.851. The van der Waals surface area contributed by atoms with E-state index in [0.29, 0.717) is 6.42 Å². The predicted molar refractivity (Wildman–Crippen MR) is 83.5 cm³/mol. The number of halogens is 1. The van der Waals surface area contributed by atoms with E-state index in [-0.39, 0.29) is 17.4 Å². The van der Waals surface area contributed by atoms with Gasteiger partial charge >= 0.3 is 5.22 Å². The topological polar surface area (TPSA) is 102 Å². The lowest BCUT2D eigenvalue weighted by molar-refractivity contribution is 0.0919. The number of hydrogen-bond acceptors (Lipinski definition) is 6. The SMILES string of the molecule is CC(C)C[C@H](NC(=O)c1ccccc1F)c1nnc(S(C)(=O)=O)o1. The van der Waals surface area contributed by atoms with Crippen molar-refractivity contribution in [3.05, 3.63) is 41.5 Å². The summed E-state index contributed by atoms with van der Waals surface area (Å²) in [5, 5.41) is 9.28. The molecule has 0 bridgehead atoms. The molecule has 0 aliphatic heterocycles. The lowest BCUT2D eigenvalue weighted by Gasteiger charge is -2.17. The minimum absolute atomic E-state index is 0.0335. The van der Waals surface area contributed by atoms with E-state index in [1.165, 1.54) is 18.2 Å². The normalized spacial score (nSPS) is 13.0. The fraction of sp³-hybridized carbons (Fsp3) is 0.400. The number of nitrogens with one attached hydrogen (secondary N) is 1. The molecule has 0 saturated heterocycles. The first-order valence-electron chi connectivity index (χ1n) is 7.27. The number of hydrogen-bond donors (Lipinski definition) is 1. The van der Waals surface area contributed by atoms with E-state index in [1.807, 2.05) is 13.8 Å². The molecule has 0 spiro atoms. The maximum Gasteiger partial charge on any atom is 0.335 e. The van der Waals surface area contributed by atoms with Crippen LogP contribution in [0.4, 0.5) is 4.39 Å². The molecule has 9 heteroatoms. The molecule has 2 aromatic rings. The molecule has 0 radical (unpaired) electrons. The van der Waals surface area contributed by atoms with Crippen molar-refractivity contribution in [1.29, 1.82) is 0 Å². The molecule has 0 fully saturated rings. The Morgan fingerprint density at radius 2 is 1.96 bits per heavy atom. The van der Waals surface area contributed by atoms with Gasteiger partial charge in [0, 0.05) is 6.26 Å². The van der Waals surface area contributed by atoms with E-state index in [9.17, 15) is 17.6 Å². The minimum atomic E-state index is -3.64. The average molecular weight is 355 g/mol. The Morgan fingerprint density at radius 1 is 1.29 bits per heavy atom. The van der Waals surface area contributed by atoms with Gasteiger partial charge < -0.3 is 9.73 Å². The van der Waals surface area contributed by atoms with Gasteiger partial charge in [0.2, 0.25) is 15.7 Å². The molecule has 2 rings (SSSR count). The van der Waals surface area contributed by atoms with Gasteiger partial charge in [0.05, 0.1) is 5.56 Å². The highest BCUT2D eigenvalue weighted by molar-refractivity contribution is 7.90. The first kappa shape index (κ1) is 18.1. The third-order valence-corrected chi connectivity index (χ3v) is 3.97. The van der Waals surface area contributed by atoms with Crippen molar-refractivity contribution in [3.8, 4) is 0 Å². The second-order valence-corrected chi connectivity index (χ2v) is 7.71. The maximum atomic E-state index is 13.7. The van der Waals surface area contributed by atoms with Crippen LogP contribution in [0.3, 0.4) is 0 Å². The number of rotatable bonds is 6. The first-order chi connectivity index (χ1) is 11.2. The third kappa shape index (κ3) is 4.38. The van der Waals surface area contributed by atoms with Crippen LogP contribution in [0, 0.1) is 11.7 Å². The standard InChI is InChI=1S/C15H18FN3O4S/c1-9(2)8-12(14-18-19-15(23-14)24(3,21)22)17-13(20)10-6-4-5-7-11(10)16/h4-7,9,12H,8H2,1-3H3,(H,17,20)/t12-/m0/s1. The monoisotopic (exact) mass is 355 g/mol. The zero-order chi connectivity index (χ0) is 17.9. The molecule has 1 aromatic heterocycles. The van der Waals surface area contributed by atoms with Crippen LogP contribution in [0.1, 0.15) is 42.6 Å². The molecule has 1 atom stereocenters. The second-order valence-electron chi connectivity index (χ2n) is 5.81. The van der Waals surface area contributed by atoms with Gasteiger partial charge in [-0.1, -0.05) is 31.1 Å². The van der Waals surface area contributed by atoms with Crippen molar-refractivity contribution < 1.29 is 22.0 Å². The third-order valence-electron chi connectivity index (χ3n) is 3.17. The highest BCUT2D eigenvalue weighted by atomic mass is 32.2. The summed E-state index contributed by atoms with van der Waals surface area (Å²) in [6, 6.07) is 4.84. The zero-order valence-corrected chi connectivity index (χ0v) is 14.3. The number of carbonyl (C=O) groups excluding carboxylic acids is 1. The van der Waals surface area contributed by atoms with Gasteiger partial charge in [0.15, 0.2) is 0 Å². The average Bonchev–Trinajstić information content (AvgIpc) is 2.96. The van der Waals surface area contributed by atoms with E-state index in [4.69, 9.17) is 4.42 Å². The van der Waals surface area contributed by atoms with Gasteiger partial charge in [-0.3, -0.25) is 4.79 Å². The Hall–Kier alpha value is -2.29. The fourth-order valence-electron chi connectivity index (χ4n) is 2.09. The lowest BCUT2D eigenvalue weighted by atomic mass is 10.0. The summed E-state index contributed by atoms with van der Waals surface area (Å²) < 4.78 is 41.8. The van der Waals surface area contributed by atoms with E-state index < -0.39 is 32.8 Å². The van der Waals surface area contributed by atoms with Crippen molar-refractivity contribution >= 4 is 15.7 Å². The van der Waals surface area contributed by atoms with Crippen molar-refractivity contribution in [2.24, 2.45) is 5.92 Å². The van der Waals surface area contributed by atoms with Crippen molar-refractivity contribution in [3.63, 3.8) is 0 Å². The van der Waals surface area contributed by atoms with Crippen LogP contribution in [0.15, 0.2) is 33.9 Å². The Labute approximate surface area is 139 Å². The summed E-state index contributed by atoms with van der Waals surface area (Å²) in [6.45, 7) is 3.83. The molecule has 0 aliphatic carbocycles. The molecule has 0 aliphatic rings. The number of aromatic nitrogens is 2. The second kappa shape index (κ2) is 7.08. The molecule has 24 heavy (non-hydrogen) atoms. The lowest BCUT2D eigenvalue weighted by Crippen LogP contribution is -2.30. The van der Waals surface area contributed by atoms with Gasteiger partial charge in [-0.2, -0.15) is 0 Å². The number of amides is 1. The molecule has 1 heterocycles. The molecule has 1 amide bonds. The summed E-state index contributed by atoms with van der Waals surface area (Å²) in [4.78, 5) is 12.3. The summed E-state index contributed by atoms with van der Waals surface area (Å²) in [7, 11) is -3.64. The van der Waals surface area contributed by atoms with Crippen LogP contribution in [0.5, 0.6) is 0 Å². The molecule has 1 aromatic carbocycles. The van der Waals surface area contributed by atoms with Crippen molar-refractivity contribution in [2.45, 2.75) is 31.5 Å².